The van der Waals surface area contributed by atoms with Gasteiger partial charge in [0.1, 0.15) is 61.0 Å². The molecule has 8 N–H and O–H groups in total. The van der Waals surface area contributed by atoms with Gasteiger partial charge in [0, 0.05) is 0 Å². The highest BCUT2D eigenvalue weighted by Gasteiger charge is 2.51. The third-order valence-corrected chi connectivity index (χ3v) is 4.14. The summed E-state index contributed by atoms with van der Waals surface area (Å²) in [5.74, 6) is 0. The molecular weight excluding hydrogens is 304 g/mol. The van der Waals surface area contributed by atoms with Gasteiger partial charge in [-0.25, -0.2) is 0 Å². The van der Waals surface area contributed by atoms with Crippen LogP contribution in [0.15, 0.2) is 0 Å². The summed E-state index contributed by atoms with van der Waals surface area (Å²) in [7, 11) is 0. The van der Waals surface area contributed by atoms with Gasteiger partial charge in [-0.05, 0) is 0 Å². The lowest BCUT2D eigenvalue weighted by molar-refractivity contribution is -0.279. The van der Waals surface area contributed by atoms with Crippen LogP contribution in [0.25, 0.3) is 0 Å². The fourth-order valence-electron chi connectivity index (χ4n) is 2.73. The first kappa shape index (κ1) is 17.9. The van der Waals surface area contributed by atoms with Crippen LogP contribution in [-0.4, -0.2) is 115 Å². The Morgan fingerprint density at radius 1 is 0.818 bits per heavy atom. The molecule has 2 heterocycles. The van der Waals surface area contributed by atoms with Crippen molar-refractivity contribution in [2.45, 2.75) is 61.0 Å². The summed E-state index contributed by atoms with van der Waals surface area (Å²) in [5, 5.41) is 77.4. The van der Waals surface area contributed by atoms with E-state index in [1.54, 1.807) is 0 Å². The first-order valence-electron chi connectivity index (χ1n) is 6.94. The number of hydrogen-bond donors (Lipinski definition) is 8. The van der Waals surface area contributed by atoms with Gasteiger partial charge in [0.05, 0.1) is 13.2 Å². The van der Waals surface area contributed by atoms with Gasteiger partial charge < -0.3 is 50.3 Å². The van der Waals surface area contributed by atoms with Crippen LogP contribution in [0.4, 0.5) is 0 Å². The molecule has 0 bridgehead atoms. The van der Waals surface area contributed by atoms with Gasteiger partial charge in [-0.3, -0.25) is 0 Å². The predicted molar refractivity (Wildman–Crippen MR) is 67.5 cm³/mol. The van der Waals surface area contributed by atoms with Gasteiger partial charge in [0.2, 0.25) is 0 Å². The first-order valence-corrected chi connectivity index (χ1v) is 6.94. The zero-order valence-corrected chi connectivity index (χ0v) is 11.6. The number of ether oxygens (including phenoxy) is 2. The first-order chi connectivity index (χ1) is 10.3. The van der Waals surface area contributed by atoms with Crippen LogP contribution in [0, 0.1) is 0 Å². The van der Waals surface area contributed by atoms with Crippen LogP contribution < -0.4 is 0 Å². The van der Waals surface area contributed by atoms with E-state index in [9.17, 15) is 35.7 Å². The molecular formula is C12H22O10. The Labute approximate surface area is 125 Å². The zero-order chi connectivity index (χ0) is 16.6. The molecule has 10 atom stereocenters. The monoisotopic (exact) mass is 326 g/mol. The molecule has 2 aliphatic rings. The van der Waals surface area contributed by atoms with Crippen molar-refractivity contribution in [2.75, 3.05) is 13.2 Å². The number of aliphatic hydroxyl groups excluding tert-OH is 8. The molecule has 0 amide bonds. The second-order valence-corrected chi connectivity index (χ2v) is 5.63. The van der Waals surface area contributed by atoms with Crippen molar-refractivity contribution < 1.29 is 50.3 Å². The minimum Gasteiger partial charge on any atom is -0.394 e. The van der Waals surface area contributed by atoms with E-state index in [0.29, 0.717) is 0 Å². The molecule has 0 aromatic heterocycles. The minimum absolute atomic E-state index is 0.350. The molecule has 22 heavy (non-hydrogen) atoms. The van der Waals surface area contributed by atoms with Crippen LogP contribution in [-0.2, 0) is 9.47 Å². The van der Waals surface area contributed by atoms with Gasteiger partial charge in [-0.1, -0.05) is 0 Å². The number of aliphatic hydroxyl groups is 8. The molecule has 10 heteroatoms. The lowest BCUT2D eigenvalue weighted by Crippen LogP contribution is -2.66. The number of hydrogen-bond acceptors (Lipinski definition) is 10. The Hall–Kier alpha value is -0.400. The summed E-state index contributed by atoms with van der Waals surface area (Å²) in [6.07, 6.45) is -15.2. The molecule has 130 valence electrons. The Balaban J connectivity index is 2.12. The summed E-state index contributed by atoms with van der Waals surface area (Å²) in [6, 6.07) is 0. The Morgan fingerprint density at radius 3 is 2.00 bits per heavy atom. The largest absolute Gasteiger partial charge is 0.394 e. The smallest absolute Gasteiger partial charge is 0.115 e. The molecule has 2 aliphatic heterocycles. The summed E-state index contributed by atoms with van der Waals surface area (Å²) in [6.45, 7) is -1.01. The third kappa shape index (κ3) is 3.12. The summed E-state index contributed by atoms with van der Waals surface area (Å²) >= 11 is 0. The molecule has 0 aromatic rings. The topological polar surface area (TPSA) is 180 Å². The van der Waals surface area contributed by atoms with Gasteiger partial charge in [-0.15, -0.1) is 0 Å². The molecule has 10 nitrogen and oxygen atoms in total. The normalized spacial score (nSPS) is 51.5. The van der Waals surface area contributed by atoms with Crippen molar-refractivity contribution in [1.82, 2.24) is 0 Å². The fourth-order valence-corrected chi connectivity index (χ4v) is 2.73. The lowest BCUT2D eigenvalue weighted by Gasteiger charge is -2.45. The van der Waals surface area contributed by atoms with Crippen molar-refractivity contribution in [3.8, 4) is 0 Å². The quantitative estimate of drug-likeness (QED) is 0.249. The summed E-state index contributed by atoms with van der Waals surface area (Å²) in [5.41, 5.74) is 0. The third-order valence-electron chi connectivity index (χ3n) is 4.14. The van der Waals surface area contributed by atoms with E-state index in [-0.39, 0.29) is 6.61 Å². The van der Waals surface area contributed by atoms with Crippen LogP contribution in [0.3, 0.4) is 0 Å². The van der Waals surface area contributed by atoms with E-state index in [4.69, 9.17) is 14.6 Å². The second-order valence-electron chi connectivity index (χ2n) is 5.63. The second kappa shape index (κ2) is 7.01. The van der Waals surface area contributed by atoms with Gasteiger partial charge >= 0.3 is 0 Å². The Kier molecular flexibility index (Phi) is 5.72. The molecule has 0 saturated carbocycles. The number of rotatable bonds is 3. The summed E-state index contributed by atoms with van der Waals surface area (Å²) in [4.78, 5) is 0. The van der Waals surface area contributed by atoms with Crippen molar-refractivity contribution in [2.24, 2.45) is 0 Å². The summed E-state index contributed by atoms with van der Waals surface area (Å²) < 4.78 is 10.2. The van der Waals surface area contributed by atoms with E-state index in [1.807, 2.05) is 0 Å². The van der Waals surface area contributed by atoms with Gasteiger partial charge in [-0.2, -0.15) is 0 Å². The SMILES string of the molecule is OC[C@H]1O[C@@H](C(O)[C@H]2OC[C@H](O)[C@@H](O)[C@H]2O)[C@H](O)[C@@H](O)[C@H]1O. The predicted octanol–water partition coefficient (Wildman–Crippen LogP) is -5.33. The molecule has 2 saturated heterocycles. The van der Waals surface area contributed by atoms with Gasteiger partial charge in [0.25, 0.3) is 0 Å². The molecule has 0 radical (unpaired) electrons. The van der Waals surface area contributed by atoms with Gasteiger partial charge in [0.15, 0.2) is 0 Å². The maximum absolute atomic E-state index is 10.2. The fraction of sp³-hybridized carbons (Fsp3) is 1.00. The molecule has 0 spiro atoms. The van der Waals surface area contributed by atoms with Crippen LogP contribution in [0.2, 0.25) is 0 Å². The maximum atomic E-state index is 10.2. The lowest BCUT2D eigenvalue weighted by atomic mass is 9.87. The van der Waals surface area contributed by atoms with Crippen LogP contribution in [0.1, 0.15) is 0 Å². The minimum atomic E-state index is -1.70. The Morgan fingerprint density at radius 2 is 1.41 bits per heavy atom. The van der Waals surface area contributed by atoms with E-state index in [2.05, 4.69) is 0 Å². The van der Waals surface area contributed by atoms with Crippen molar-refractivity contribution >= 4 is 0 Å². The van der Waals surface area contributed by atoms with Crippen LogP contribution in [0.5, 0.6) is 0 Å². The van der Waals surface area contributed by atoms with E-state index in [0.717, 1.165) is 0 Å². The van der Waals surface area contributed by atoms with Crippen molar-refractivity contribution in [3.63, 3.8) is 0 Å². The molecule has 0 aliphatic carbocycles. The molecule has 0 aromatic carbocycles. The maximum Gasteiger partial charge on any atom is 0.115 e. The molecule has 1 unspecified atom stereocenters. The van der Waals surface area contributed by atoms with Crippen molar-refractivity contribution in [1.29, 1.82) is 0 Å². The zero-order valence-electron chi connectivity index (χ0n) is 11.6. The molecule has 2 rings (SSSR count). The average Bonchev–Trinajstić information content (AvgIpc) is 2.50. The van der Waals surface area contributed by atoms with E-state index < -0.39 is 67.6 Å². The average molecular weight is 326 g/mol. The Bertz CT molecular complexity index is 366. The van der Waals surface area contributed by atoms with E-state index >= 15 is 0 Å². The van der Waals surface area contributed by atoms with Crippen molar-refractivity contribution in [3.05, 3.63) is 0 Å². The van der Waals surface area contributed by atoms with Crippen LogP contribution >= 0.6 is 0 Å². The standard InChI is InChI=1S/C12H22O10/c13-1-4-6(16)7(17)9(19)12(22-4)10(20)11-8(18)5(15)3(14)2-21-11/h3-20H,1-2H2/t3-,4+,5+,6-,7-,8+,9+,10?,11-,12+/m0/s1. The van der Waals surface area contributed by atoms with E-state index in [1.165, 1.54) is 0 Å². The molecule has 2 fully saturated rings. The highest BCUT2D eigenvalue weighted by Crippen LogP contribution is 2.28. The highest BCUT2D eigenvalue weighted by molar-refractivity contribution is 5.00. The highest BCUT2D eigenvalue weighted by atomic mass is 16.6.